The Balaban J connectivity index is 1.59. The lowest BCUT2D eigenvalue weighted by Crippen LogP contribution is -2.32. The van der Waals surface area contributed by atoms with Crippen LogP contribution >= 0.6 is 11.6 Å². The molecule has 146 valence electrons. The van der Waals surface area contributed by atoms with Gasteiger partial charge in [-0.15, -0.1) is 0 Å². The number of hydrogen-bond acceptors (Lipinski definition) is 2. The molecular weight excluding hydrogens is 391 g/mol. The van der Waals surface area contributed by atoms with Crippen LogP contribution in [0.15, 0.2) is 72.8 Å². The van der Waals surface area contributed by atoms with Crippen molar-refractivity contribution in [3.63, 3.8) is 0 Å². The number of anilines is 1. The molecule has 4 rings (SSSR count). The Morgan fingerprint density at radius 1 is 1.03 bits per heavy atom. The molecule has 3 aromatic carbocycles. The zero-order valence-corrected chi connectivity index (χ0v) is 16.2. The highest BCUT2D eigenvalue weighted by Gasteiger charge is 2.34. The van der Waals surface area contributed by atoms with Crippen molar-refractivity contribution in [3.8, 4) is 0 Å². The van der Waals surface area contributed by atoms with Gasteiger partial charge in [0, 0.05) is 22.8 Å². The summed E-state index contributed by atoms with van der Waals surface area (Å²) in [6.45, 7) is 0.408. The number of hydrogen-bond donors (Lipinski definition) is 1. The highest BCUT2D eigenvalue weighted by molar-refractivity contribution is 6.30. The van der Waals surface area contributed by atoms with Crippen LogP contribution in [0.2, 0.25) is 5.02 Å². The molecule has 0 unspecified atom stereocenters. The number of fused-ring (bicyclic) bond motifs is 1. The molecule has 1 N–H and O–H groups in total. The summed E-state index contributed by atoms with van der Waals surface area (Å²) in [6.07, 6.45) is 0.0496. The third-order valence-corrected chi connectivity index (χ3v) is 5.24. The van der Waals surface area contributed by atoms with Crippen molar-refractivity contribution in [2.45, 2.75) is 19.0 Å². The van der Waals surface area contributed by atoms with Crippen molar-refractivity contribution >= 4 is 29.1 Å². The SMILES string of the molecule is O=C(C[C@H](c1ccc(F)cc1)N1Cc2ccccc2C1=O)Nc1ccc(Cl)cc1. The molecule has 2 amide bonds. The molecule has 1 aliphatic rings. The quantitative estimate of drug-likeness (QED) is 0.630. The maximum Gasteiger partial charge on any atom is 0.255 e. The van der Waals surface area contributed by atoms with Crippen molar-refractivity contribution in [1.82, 2.24) is 4.90 Å². The smallest absolute Gasteiger partial charge is 0.255 e. The van der Waals surface area contributed by atoms with Crippen LogP contribution < -0.4 is 5.32 Å². The average Bonchev–Trinajstić information content (AvgIpc) is 3.05. The van der Waals surface area contributed by atoms with Gasteiger partial charge in [-0.3, -0.25) is 9.59 Å². The number of carbonyl (C=O) groups is 2. The molecule has 1 atom stereocenters. The molecule has 0 saturated carbocycles. The van der Waals surface area contributed by atoms with Crippen molar-refractivity contribution < 1.29 is 14.0 Å². The van der Waals surface area contributed by atoms with Gasteiger partial charge in [0.2, 0.25) is 5.91 Å². The van der Waals surface area contributed by atoms with E-state index in [0.717, 1.165) is 5.56 Å². The minimum Gasteiger partial charge on any atom is -0.327 e. The van der Waals surface area contributed by atoms with Crippen LogP contribution in [0.25, 0.3) is 0 Å². The van der Waals surface area contributed by atoms with Crippen LogP contribution in [-0.2, 0) is 11.3 Å². The van der Waals surface area contributed by atoms with Crippen LogP contribution in [0.5, 0.6) is 0 Å². The summed E-state index contributed by atoms with van der Waals surface area (Å²) in [5.41, 5.74) is 2.88. The summed E-state index contributed by atoms with van der Waals surface area (Å²) in [7, 11) is 0. The number of halogens is 2. The molecule has 0 aromatic heterocycles. The molecule has 3 aromatic rings. The molecule has 0 aliphatic carbocycles. The number of carbonyl (C=O) groups excluding carboxylic acids is 2. The van der Waals surface area contributed by atoms with Crippen LogP contribution in [0, 0.1) is 5.82 Å². The fourth-order valence-electron chi connectivity index (χ4n) is 3.54. The predicted molar refractivity (Wildman–Crippen MR) is 110 cm³/mol. The van der Waals surface area contributed by atoms with Gasteiger partial charge in [0.25, 0.3) is 5.91 Å². The lowest BCUT2D eigenvalue weighted by Gasteiger charge is -2.28. The second kappa shape index (κ2) is 8.05. The molecule has 1 heterocycles. The largest absolute Gasteiger partial charge is 0.327 e. The molecule has 1 aliphatic heterocycles. The molecule has 6 heteroatoms. The maximum atomic E-state index is 13.4. The fourth-order valence-corrected chi connectivity index (χ4v) is 3.67. The van der Waals surface area contributed by atoms with Gasteiger partial charge < -0.3 is 10.2 Å². The second-order valence-corrected chi connectivity index (χ2v) is 7.35. The number of amides is 2. The minimum absolute atomic E-state index is 0.0496. The van der Waals surface area contributed by atoms with Gasteiger partial charge >= 0.3 is 0 Å². The van der Waals surface area contributed by atoms with Crippen molar-refractivity contribution in [1.29, 1.82) is 0 Å². The highest BCUT2D eigenvalue weighted by Crippen LogP contribution is 2.33. The summed E-state index contributed by atoms with van der Waals surface area (Å²) in [4.78, 5) is 27.4. The first-order valence-electron chi connectivity index (χ1n) is 9.21. The zero-order valence-electron chi connectivity index (χ0n) is 15.4. The predicted octanol–water partition coefficient (Wildman–Crippen LogP) is 5.21. The summed E-state index contributed by atoms with van der Waals surface area (Å²) in [6, 6.07) is 19.6. The molecule has 0 bridgehead atoms. The van der Waals surface area contributed by atoms with E-state index in [2.05, 4.69) is 5.32 Å². The molecule has 0 saturated heterocycles. The maximum absolute atomic E-state index is 13.4. The second-order valence-electron chi connectivity index (χ2n) is 6.92. The van der Waals surface area contributed by atoms with Crippen molar-refractivity contribution in [2.24, 2.45) is 0 Å². The van der Waals surface area contributed by atoms with E-state index in [4.69, 9.17) is 11.6 Å². The van der Waals surface area contributed by atoms with Crippen LogP contribution in [0.1, 0.15) is 33.9 Å². The molecule has 0 fully saturated rings. The monoisotopic (exact) mass is 408 g/mol. The minimum atomic E-state index is -0.511. The van der Waals surface area contributed by atoms with Crippen LogP contribution in [0.3, 0.4) is 0 Å². The number of nitrogens with zero attached hydrogens (tertiary/aromatic N) is 1. The highest BCUT2D eigenvalue weighted by atomic mass is 35.5. The first-order valence-corrected chi connectivity index (χ1v) is 9.59. The van der Waals surface area contributed by atoms with E-state index in [0.29, 0.717) is 28.4 Å². The third-order valence-electron chi connectivity index (χ3n) is 4.99. The van der Waals surface area contributed by atoms with E-state index in [9.17, 15) is 14.0 Å². The van der Waals surface area contributed by atoms with Gasteiger partial charge in [0.1, 0.15) is 5.82 Å². The van der Waals surface area contributed by atoms with Gasteiger partial charge in [-0.05, 0) is 53.6 Å². The number of rotatable bonds is 5. The van der Waals surface area contributed by atoms with E-state index in [1.165, 1.54) is 12.1 Å². The van der Waals surface area contributed by atoms with Crippen molar-refractivity contribution in [3.05, 3.63) is 100 Å². The topological polar surface area (TPSA) is 49.4 Å². The van der Waals surface area contributed by atoms with E-state index in [1.807, 2.05) is 18.2 Å². The molecule has 0 spiro atoms. The molecule has 0 radical (unpaired) electrons. The third kappa shape index (κ3) is 4.15. The van der Waals surface area contributed by atoms with Gasteiger partial charge in [-0.1, -0.05) is 41.9 Å². The fraction of sp³-hybridized carbons (Fsp3) is 0.130. The van der Waals surface area contributed by atoms with E-state index in [1.54, 1.807) is 47.4 Å². The lowest BCUT2D eigenvalue weighted by molar-refractivity contribution is -0.117. The normalized spacial score (nSPS) is 13.9. The summed E-state index contributed by atoms with van der Waals surface area (Å²) < 4.78 is 13.4. The van der Waals surface area contributed by atoms with Crippen LogP contribution in [-0.4, -0.2) is 16.7 Å². The van der Waals surface area contributed by atoms with E-state index >= 15 is 0 Å². The van der Waals surface area contributed by atoms with Gasteiger partial charge in [0.05, 0.1) is 12.5 Å². The standard InChI is InChI=1S/C23H18ClFN2O2/c24-17-7-11-19(12-8-17)26-22(28)13-21(15-5-9-18(25)10-6-15)27-14-16-3-1-2-4-20(16)23(27)29/h1-12,21H,13-14H2,(H,26,28)/t21-/m1/s1. The Morgan fingerprint density at radius 3 is 2.41 bits per heavy atom. The van der Waals surface area contributed by atoms with Gasteiger partial charge in [0.15, 0.2) is 0 Å². The Hall–Kier alpha value is -3.18. The Morgan fingerprint density at radius 2 is 1.72 bits per heavy atom. The number of benzene rings is 3. The van der Waals surface area contributed by atoms with Gasteiger partial charge in [-0.25, -0.2) is 4.39 Å². The molecule has 29 heavy (non-hydrogen) atoms. The molecule has 4 nitrogen and oxygen atoms in total. The van der Waals surface area contributed by atoms with E-state index in [-0.39, 0.29) is 24.1 Å². The van der Waals surface area contributed by atoms with Gasteiger partial charge in [-0.2, -0.15) is 0 Å². The Kier molecular flexibility index (Phi) is 5.32. The van der Waals surface area contributed by atoms with E-state index < -0.39 is 6.04 Å². The Bertz CT molecular complexity index is 1050. The van der Waals surface area contributed by atoms with Crippen molar-refractivity contribution in [2.75, 3.05) is 5.32 Å². The van der Waals surface area contributed by atoms with Crippen LogP contribution in [0.4, 0.5) is 10.1 Å². The first kappa shape index (κ1) is 19.2. The average molecular weight is 409 g/mol. The molecular formula is C23H18ClFN2O2. The summed E-state index contributed by atoms with van der Waals surface area (Å²) in [5.74, 6) is -0.742. The summed E-state index contributed by atoms with van der Waals surface area (Å²) in [5, 5.41) is 3.41. The zero-order chi connectivity index (χ0) is 20.4. The first-order chi connectivity index (χ1) is 14.0. The Labute approximate surface area is 172 Å². The summed E-state index contributed by atoms with van der Waals surface area (Å²) >= 11 is 5.88. The number of nitrogens with one attached hydrogen (secondary N) is 1. The lowest BCUT2D eigenvalue weighted by atomic mass is 10.0.